The Morgan fingerprint density at radius 3 is 2.55 bits per heavy atom. The quantitative estimate of drug-likeness (QED) is 0.500. The molecule has 6 rings (SSSR count). The summed E-state index contributed by atoms with van der Waals surface area (Å²) < 4.78 is 0. The standard InChI is InChI=1S/C30H35N7O/c31-30-28(19-27(33-34-30)26-9-2-3-10-29(26)38)36-20-24-11-12-25(21-36)37(24)23-13-14-32-22(18-23)8-4-7-17-35-15-5-1-6-16-35/h2-3,9-10,13-14,18-19,24-25,38H,1,5-7,11-12,15-17,20-21H2,(H2,31,34). The summed E-state index contributed by atoms with van der Waals surface area (Å²) in [6, 6.07) is 14.1. The van der Waals surface area contributed by atoms with Crippen molar-refractivity contribution in [2.45, 2.75) is 50.6 Å². The highest BCUT2D eigenvalue weighted by atomic mass is 16.3. The second-order valence-corrected chi connectivity index (χ2v) is 10.6. The minimum Gasteiger partial charge on any atom is -0.507 e. The zero-order chi connectivity index (χ0) is 25.9. The zero-order valence-electron chi connectivity index (χ0n) is 21.8. The van der Waals surface area contributed by atoms with Gasteiger partial charge in [0.1, 0.15) is 11.4 Å². The van der Waals surface area contributed by atoms with Gasteiger partial charge in [0.15, 0.2) is 5.82 Å². The normalized spacial score (nSPS) is 21.3. The maximum Gasteiger partial charge on any atom is 0.169 e. The van der Waals surface area contributed by atoms with E-state index in [1.807, 2.05) is 24.4 Å². The molecule has 3 aliphatic heterocycles. The molecule has 2 aromatic heterocycles. The average Bonchev–Trinajstić information content (AvgIpc) is 3.22. The molecule has 0 saturated carbocycles. The number of nitrogens with zero attached hydrogens (tertiary/aromatic N) is 6. The van der Waals surface area contributed by atoms with Crippen molar-refractivity contribution in [1.29, 1.82) is 0 Å². The highest BCUT2D eigenvalue weighted by Gasteiger charge is 2.40. The van der Waals surface area contributed by atoms with Crippen LogP contribution in [0.5, 0.6) is 5.75 Å². The lowest BCUT2D eigenvalue weighted by Gasteiger charge is -2.43. The molecule has 3 aromatic rings. The summed E-state index contributed by atoms with van der Waals surface area (Å²) in [6.45, 7) is 5.18. The molecule has 0 aliphatic carbocycles. The second kappa shape index (κ2) is 10.9. The molecule has 38 heavy (non-hydrogen) atoms. The number of pyridine rings is 1. The molecule has 2 unspecified atom stereocenters. The maximum absolute atomic E-state index is 10.3. The first kappa shape index (κ1) is 24.5. The van der Waals surface area contributed by atoms with Gasteiger partial charge in [-0.2, -0.15) is 0 Å². The van der Waals surface area contributed by atoms with Crippen molar-refractivity contribution in [3.05, 3.63) is 54.4 Å². The summed E-state index contributed by atoms with van der Waals surface area (Å²) in [5.41, 5.74) is 10.5. The number of benzene rings is 1. The van der Waals surface area contributed by atoms with Gasteiger partial charge in [0.2, 0.25) is 0 Å². The molecule has 0 spiro atoms. The Hall–Kier alpha value is -3.83. The maximum atomic E-state index is 10.3. The number of hydrogen-bond donors (Lipinski definition) is 2. The molecular formula is C30H35N7O. The van der Waals surface area contributed by atoms with Crippen molar-refractivity contribution in [2.24, 2.45) is 0 Å². The minimum atomic E-state index is 0.186. The topological polar surface area (TPSA) is 94.6 Å². The van der Waals surface area contributed by atoms with E-state index >= 15 is 0 Å². The third-order valence-corrected chi connectivity index (χ3v) is 8.06. The summed E-state index contributed by atoms with van der Waals surface area (Å²) >= 11 is 0. The molecule has 3 N–H and O–H groups in total. The number of rotatable bonds is 5. The van der Waals surface area contributed by atoms with E-state index in [-0.39, 0.29) is 5.75 Å². The number of hydrogen-bond acceptors (Lipinski definition) is 8. The van der Waals surface area contributed by atoms with Gasteiger partial charge in [-0.05, 0) is 75.0 Å². The minimum absolute atomic E-state index is 0.186. The number of piperazine rings is 1. The SMILES string of the molecule is Nc1nnc(-c2ccccc2O)cc1N1CC2CCC(C1)N2c1ccnc(C#CCCN2CCCCC2)c1. The van der Waals surface area contributed by atoms with Crippen LogP contribution in [0.1, 0.15) is 44.2 Å². The Labute approximate surface area is 224 Å². The fourth-order valence-corrected chi connectivity index (χ4v) is 6.19. The molecule has 196 valence electrons. The number of aromatic hydroxyl groups is 1. The third-order valence-electron chi connectivity index (χ3n) is 8.06. The van der Waals surface area contributed by atoms with Crippen LogP contribution in [0.25, 0.3) is 11.3 Å². The van der Waals surface area contributed by atoms with Gasteiger partial charge >= 0.3 is 0 Å². The van der Waals surface area contributed by atoms with Gasteiger partial charge in [0.05, 0.1) is 11.4 Å². The summed E-state index contributed by atoms with van der Waals surface area (Å²) in [4.78, 5) is 11.9. The fourth-order valence-electron chi connectivity index (χ4n) is 6.19. The van der Waals surface area contributed by atoms with Gasteiger partial charge in [-0.3, -0.25) is 0 Å². The van der Waals surface area contributed by atoms with E-state index in [0.29, 0.717) is 29.2 Å². The van der Waals surface area contributed by atoms with Crippen LogP contribution >= 0.6 is 0 Å². The molecule has 0 amide bonds. The van der Waals surface area contributed by atoms with E-state index in [1.165, 1.54) is 38.0 Å². The largest absolute Gasteiger partial charge is 0.507 e. The van der Waals surface area contributed by atoms with Crippen molar-refractivity contribution in [3.8, 4) is 28.8 Å². The van der Waals surface area contributed by atoms with Crippen LogP contribution in [0.3, 0.4) is 0 Å². The summed E-state index contributed by atoms with van der Waals surface area (Å²) in [5.74, 6) is 7.26. The molecule has 1 aromatic carbocycles. The predicted molar refractivity (Wildman–Crippen MR) is 151 cm³/mol. The molecule has 3 aliphatic rings. The number of phenols is 1. The highest BCUT2D eigenvalue weighted by Crippen LogP contribution is 2.39. The van der Waals surface area contributed by atoms with Gasteiger partial charge in [-0.25, -0.2) is 4.98 Å². The predicted octanol–water partition coefficient (Wildman–Crippen LogP) is 3.91. The monoisotopic (exact) mass is 509 g/mol. The zero-order valence-corrected chi connectivity index (χ0v) is 21.8. The average molecular weight is 510 g/mol. The Kier molecular flexibility index (Phi) is 7.02. The lowest BCUT2D eigenvalue weighted by molar-refractivity contribution is 0.234. The number of fused-ring (bicyclic) bond motifs is 2. The van der Waals surface area contributed by atoms with Crippen molar-refractivity contribution in [3.63, 3.8) is 0 Å². The van der Waals surface area contributed by atoms with Gasteiger partial charge in [-0.1, -0.05) is 24.5 Å². The number of likely N-dealkylation sites (tertiary alicyclic amines) is 1. The number of anilines is 3. The molecule has 8 heteroatoms. The van der Waals surface area contributed by atoms with Crippen LogP contribution in [0, 0.1) is 11.8 Å². The Morgan fingerprint density at radius 2 is 1.76 bits per heavy atom. The smallest absolute Gasteiger partial charge is 0.169 e. The van der Waals surface area contributed by atoms with Crippen molar-refractivity contribution >= 4 is 17.2 Å². The summed E-state index contributed by atoms with van der Waals surface area (Å²) in [6.07, 6.45) is 9.03. The molecule has 8 nitrogen and oxygen atoms in total. The van der Waals surface area contributed by atoms with Crippen molar-refractivity contribution in [2.75, 3.05) is 48.3 Å². The molecular weight excluding hydrogens is 474 g/mol. The first-order chi connectivity index (χ1) is 18.7. The van der Waals surface area contributed by atoms with Crippen LogP contribution in [-0.4, -0.2) is 70.0 Å². The van der Waals surface area contributed by atoms with Crippen molar-refractivity contribution in [1.82, 2.24) is 20.1 Å². The van der Waals surface area contributed by atoms with Gasteiger partial charge in [0.25, 0.3) is 0 Å². The highest BCUT2D eigenvalue weighted by molar-refractivity contribution is 5.74. The van der Waals surface area contributed by atoms with E-state index in [4.69, 9.17) is 5.73 Å². The first-order valence-corrected chi connectivity index (χ1v) is 13.8. The van der Waals surface area contributed by atoms with Crippen LogP contribution in [0.15, 0.2) is 48.7 Å². The molecule has 3 fully saturated rings. The van der Waals surface area contributed by atoms with E-state index in [9.17, 15) is 5.11 Å². The van der Waals surface area contributed by atoms with E-state index in [0.717, 1.165) is 50.3 Å². The van der Waals surface area contributed by atoms with Gasteiger partial charge < -0.3 is 25.5 Å². The number of nitrogen functional groups attached to an aromatic ring is 1. The van der Waals surface area contributed by atoms with Crippen LogP contribution in [-0.2, 0) is 0 Å². The molecule has 5 heterocycles. The summed E-state index contributed by atoms with van der Waals surface area (Å²) in [7, 11) is 0. The third kappa shape index (κ3) is 5.11. The lowest BCUT2D eigenvalue weighted by atomic mass is 10.1. The van der Waals surface area contributed by atoms with Crippen molar-refractivity contribution < 1.29 is 5.11 Å². The van der Waals surface area contributed by atoms with E-state index in [1.54, 1.807) is 12.1 Å². The molecule has 0 radical (unpaired) electrons. The van der Waals surface area contributed by atoms with E-state index in [2.05, 4.69) is 53.9 Å². The number of para-hydroxylation sites is 1. The van der Waals surface area contributed by atoms with Crippen LogP contribution < -0.4 is 15.5 Å². The molecule has 2 atom stereocenters. The Balaban J connectivity index is 1.15. The number of aromatic nitrogens is 3. The van der Waals surface area contributed by atoms with Crippen LogP contribution in [0.2, 0.25) is 0 Å². The van der Waals surface area contributed by atoms with E-state index < -0.39 is 0 Å². The Morgan fingerprint density at radius 1 is 0.974 bits per heavy atom. The van der Waals surface area contributed by atoms with Gasteiger partial charge in [0, 0.05) is 55.6 Å². The second-order valence-electron chi connectivity index (χ2n) is 10.6. The van der Waals surface area contributed by atoms with Crippen LogP contribution in [0.4, 0.5) is 17.2 Å². The number of piperidine rings is 1. The first-order valence-electron chi connectivity index (χ1n) is 13.8. The van der Waals surface area contributed by atoms with Gasteiger partial charge in [-0.15, -0.1) is 10.2 Å². The number of phenolic OH excluding ortho intramolecular Hbond substituents is 1. The molecule has 3 saturated heterocycles. The lowest BCUT2D eigenvalue weighted by Crippen LogP contribution is -2.54. The summed E-state index contributed by atoms with van der Waals surface area (Å²) in [5, 5.41) is 18.8. The number of nitrogens with two attached hydrogens (primary N) is 1. The Bertz CT molecular complexity index is 1330. The molecule has 2 bridgehead atoms. The fraction of sp³-hybridized carbons (Fsp3) is 0.433.